The molecular formula is C27H30N6O2S. The van der Waals surface area contributed by atoms with Crippen LogP contribution in [0.4, 0.5) is 16.2 Å². The maximum atomic E-state index is 13.5. The summed E-state index contributed by atoms with van der Waals surface area (Å²) in [7, 11) is 0. The molecule has 186 valence electrons. The molecule has 1 unspecified atom stereocenters. The first-order valence-electron chi connectivity index (χ1n) is 12.1. The normalized spacial score (nSPS) is 17.0. The molecule has 2 aromatic rings. The Morgan fingerprint density at radius 3 is 2.28 bits per heavy atom. The lowest BCUT2D eigenvalue weighted by atomic mass is 9.93. The number of thioether (sulfide) groups is 1. The Labute approximate surface area is 216 Å². The van der Waals surface area contributed by atoms with Gasteiger partial charge in [-0.15, -0.1) is 0 Å². The lowest BCUT2D eigenvalue weighted by Crippen LogP contribution is -2.45. The van der Waals surface area contributed by atoms with Crippen LogP contribution in [0.5, 0.6) is 0 Å². The molecule has 2 aromatic carbocycles. The fourth-order valence-electron chi connectivity index (χ4n) is 4.44. The minimum absolute atomic E-state index is 0.0184. The fraction of sp³-hybridized carbons (Fsp3) is 0.333. The third-order valence-corrected chi connectivity index (χ3v) is 7.37. The van der Waals surface area contributed by atoms with Gasteiger partial charge in [0.1, 0.15) is 0 Å². The molecule has 4 rings (SSSR count). The molecule has 0 saturated carbocycles. The van der Waals surface area contributed by atoms with Gasteiger partial charge in [0, 0.05) is 36.8 Å². The number of allylic oxidation sites excluding steroid dienone is 1. The van der Waals surface area contributed by atoms with Gasteiger partial charge in [-0.05, 0) is 69.2 Å². The molecule has 9 heteroatoms. The van der Waals surface area contributed by atoms with Crippen molar-refractivity contribution in [1.29, 1.82) is 5.26 Å². The molecule has 3 amide bonds. The molecule has 0 aromatic heterocycles. The highest BCUT2D eigenvalue weighted by atomic mass is 32.2. The Kier molecular flexibility index (Phi) is 7.96. The number of nitriles is 1. The summed E-state index contributed by atoms with van der Waals surface area (Å²) < 4.78 is 0. The zero-order chi connectivity index (χ0) is 25.7. The molecule has 0 radical (unpaired) electrons. The number of benzene rings is 2. The van der Waals surface area contributed by atoms with E-state index >= 15 is 0 Å². The molecule has 1 atom stereocenters. The highest BCUT2D eigenvalue weighted by Gasteiger charge is 2.38. The van der Waals surface area contributed by atoms with Crippen molar-refractivity contribution in [3.8, 4) is 6.07 Å². The number of nitrogens with zero attached hydrogens (tertiary/aromatic N) is 4. The zero-order valence-corrected chi connectivity index (χ0v) is 21.6. The molecule has 2 aliphatic heterocycles. The number of likely N-dealkylation sites (N-methyl/N-ethyl adjacent to an activating group) is 1. The molecule has 0 spiro atoms. The van der Waals surface area contributed by atoms with Crippen LogP contribution in [0.1, 0.15) is 44.4 Å². The van der Waals surface area contributed by atoms with Crippen LogP contribution in [0.2, 0.25) is 0 Å². The van der Waals surface area contributed by atoms with Crippen molar-refractivity contribution in [3.05, 3.63) is 70.9 Å². The predicted octanol–water partition coefficient (Wildman–Crippen LogP) is 5.19. The quantitative estimate of drug-likeness (QED) is 0.566. The largest absolute Gasteiger partial charge is 0.340 e. The van der Waals surface area contributed by atoms with Gasteiger partial charge in [-0.1, -0.05) is 23.9 Å². The third kappa shape index (κ3) is 5.39. The van der Waals surface area contributed by atoms with Crippen molar-refractivity contribution in [2.75, 3.05) is 36.0 Å². The summed E-state index contributed by atoms with van der Waals surface area (Å²) in [4.78, 5) is 34.9. The van der Waals surface area contributed by atoms with Crippen LogP contribution < -0.4 is 10.6 Å². The van der Waals surface area contributed by atoms with E-state index in [0.29, 0.717) is 35.6 Å². The van der Waals surface area contributed by atoms with Gasteiger partial charge >= 0.3 is 6.03 Å². The van der Waals surface area contributed by atoms with Crippen LogP contribution in [-0.4, -0.2) is 52.3 Å². The van der Waals surface area contributed by atoms with E-state index in [1.165, 1.54) is 0 Å². The predicted molar refractivity (Wildman–Crippen MR) is 145 cm³/mol. The molecule has 2 aliphatic rings. The Bertz CT molecular complexity index is 1230. The van der Waals surface area contributed by atoms with E-state index in [4.69, 9.17) is 10.3 Å². The van der Waals surface area contributed by atoms with Crippen molar-refractivity contribution in [2.45, 2.75) is 33.2 Å². The van der Waals surface area contributed by atoms with E-state index in [9.17, 15) is 9.59 Å². The van der Waals surface area contributed by atoms with Crippen molar-refractivity contribution in [3.63, 3.8) is 0 Å². The summed E-state index contributed by atoms with van der Waals surface area (Å²) in [5, 5.41) is 15.5. The summed E-state index contributed by atoms with van der Waals surface area (Å²) in [6.45, 7) is 8.02. The van der Waals surface area contributed by atoms with Gasteiger partial charge in [0.15, 0.2) is 5.17 Å². The average molecular weight is 503 g/mol. The second kappa shape index (κ2) is 11.3. The number of nitrogens with one attached hydrogen (secondary N) is 2. The van der Waals surface area contributed by atoms with E-state index in [-0.39, 0.29) is 18.0 Å². The molecule has 2 heterocycles. The number of hydrogen-bond donors (Lipinski definition) is 2. The van der Waals surface area contributed by atoms with Crippen molar-refractivity contribution in [2.24, 2.45) is 4.99 Å². The number of rotatable bonds is 6. The molecule has 1 saturated heterocycles. The Hall–Kier alpha value is -3.77. The molecule has 2 N–H and O–H groups in total. The first-order valence-corrected chi connectivity index (χ1v) is 13.1. The Balaban J connectivity index is 1.56. The molecule has 8 nitrogen and oxygen atoms in total. The number of carbonyl (C=O) groups excluding carboxylic acids is 2. The SMILES string of the molecule is CCN(CC)C(=O)C1=C(C)N=C2SCCCN2C1c1ccc(NC(=O)Nc2ccc(C#N)cc2)cc1. The monoisotopic (exact) mass is 502 g/mol. The summed E-state index contributed by atoms with van der Waals surface area (Å²) in [6, 6.07) is 15.8. The smallest absolute Gasteiger partial charge is 0.323 e. The van der Waals surface area contributed by atoms with Crippen molar-refractivity contribution >= 4 is 40.2 Å². The lowest BCUT2D eigenvalue weighted by Gasteiger charge is -2.41. The van der Waals surface area contributed by atoms with Crippen LogP contribution >= 0.6 is 11.8 Å². The van der Waals surface area contributed by atoms with Crippen LogP contribution in [0, 0.1) is 11.3 Å². The van der Waals surface area contributed by atoms with Gasteiger partial charge in [0.2, 0.25) is 0 Å². The van der Waals surface area contributed by atoms with Crippen LogP contribution in [0.15, 0.2) is 64.8 Å². The average Bonchev–Trinajstić information content (AvgIpc) is 2.89. The van der Waals surface area contributed by atoms with Crippen LogP contribution in [0.25, 0.3) is 0 Å². The summed E-state index contributed by atoms with van der Waals surface area (Å²) in [5.74, 6) is 1.04. The summed E-state index contributed by atoms with van der Waals surface area (Å²) in [6.07, 6.45) is 1.03. The van der Waals surface area contributed by atoms with E-state index in [2.05, 4.69) is 21.6 Å². The lowest BCUT2D eigenvalue weighted by molar-refractivity contribution is -0.127. The Morgan fingerprint density at radius 1 is 1.08 bits per heavy atom. The summed E-state index contributed by atoms with van der Waals surface area (Å²) >= 11 is 1.73. The minimum Gasteiger partial charge on any atom is -0.340 e. The number of amidine groups is 1. The number of hydrogen-bond acceptors (Lipinski definition) is 6. The van der Waals surface area contributed by atoms with Crippen molar-refractivity contribution in [1.82, 2.24) is 9.80 Å². The third-order valence-electron chi connectivity index (χ3n) is 6.30. The van der Waals surface area contributed by atoms with Gasteiger partial charge in [0.25, 0.3) is 5.91 Å². The van der Waals surface area contributed by atoms with E-state index in [0.717, 1.165) is 35.1 Å². The number of urea groups is 1. The molecule has 36 heavy (non-hydrogen) atoms. The number of aliphatic imine (C=N–C) groups is 1. The van der Waals surface area contributed by atoms with E-state index < -0.39 is 0 Å². The van der Waals surface area contributed by atoms with Crippen molar-refractivity contribution < 1.29 is 9.59 Å². The van der Waals surface area contributed by atoms with Crippen LogP contribution in [0.3, 0.4) is 0 Å². The number of amides is 3. The number of carbonyl (C=O) groups is 2. The van der Waals surface area contributed by atoms with Gasteiger partial charge in [-0.3, -0.25) is 4.79 Å². The Morgan fingerprint density at radius 2 is 1.69 bits per heavy atom. The molecule has 1 fully saturated rings. The van der Waals surface area contributed by atoms with Gasteiger partial charge < -0.3 is 20.4 Å². The molecular weight excluding hydrogens is 472 g/mol. The second-order valence-corrected chi connectivity index (χ2v) is 9.62. The van der Waals surface area contributed by atoms with E-state index in [1.807, 2.05) is 49.9 Å². The topological polar surface area (TPSA) is 101 Å². The first kappa shape index (κ1) is 25.3. The standard InChI is InChI=1S/C27H30N6O2S/c1-4-32(5-2)25(34)23-18(3)29-27-33(15-6-16-36-27)24(23)20-9-13-22(14-10-20)31-26(35)30-21-11-7-19(17-28)8-12-21/h7-14,24H,4-6,15-16H2,1-3H3,(H2,30,31,35). The molecule has 0 bridgehead atoms. The summed E-state index contributed by atoms with van der Waals surface area (Å²) in [5.41, 5.74) is 4.23. The minimum atomic E-state index is -0.375. The van der Waals surface area contributed by atoms with E-state index in [1.54, 1.807) is 36.0 Å². The second-order valence-electron chi connectivity index (χ2n) is 8.56. The van der Waals surface area contributed by atoms with Crippen LogP contribution in [-0.2, 0) is 4.79 Å². The maximum absolute atomic E-state index is 13.5. The highest BCUT2D eigenvalue weighted by molar-refractivity contribution is 8.13. The fourth-order valence-corrected chi connectivity index (χ4v) is 5.46. The van der Waals surface area contributed by atoms with Gasteiger partial charge in [-0.25, -0.2) is 9.79 Å². The first-order chi connectivity index (χ1) is 17.4. The number of anilines is 2. The van der Waals surface area contributed by atoms with Gasteiger partial charge in [0.05, 0.1) is 28.9 Å². The highest BCUT2D eigenvalue weighted by Crippen LogP contribution is 2.40. The van der Waals surface area contributed by atoms with Gasteiger partial charge in [-0.2, -0.15) is 5.26 Å². The maximum Gasteiger partial charge on any atom is 0.323 e. The number of fused-ring (bicyclic) bond motifs is 1. The molecule has 0 aliphatic carbocycles. The zero-order valence-electron chi connectivity index (χ0n) is 20.7.